The fourth-order valence-electron chi connectivity index (χ4n) is 4.46. The first kappa shape index (κ1) is 19.3. The number of carbonyl (C=O) groups is 2. The van der Waals surface area contributed by atoms with Gasteiger partial charge in [0, 0.05) is 23.3 Å². The molecule has 2 heterocycles. The fourth-order valence-corrected chi connectivity index (χ4v) is 4.46. The first-order valence-electron chi connectivity index (χ1n) is 10.3. The molecule has 2 unspecified atom stereocenters. The first-order valence-corrected chi connectivity index (χ1v) is 10.3. The third-order valence-electron chi connectivity index (χ3n) is 5.82. The molecule has 1 aliphatic carbocycles. The molecule has 5 rings (SSSR count). The highest BCUT2D eigenvalue weighted by atomic mass is 19.1. The molecule has 6 heteroatoms. The van der Waals surface area contributed by atoms with E-state index in [4.69, 9.17) is 4.42 Å². The van der Waals surface area contributed by atoms with Crippen LogP contribution in [0.4, 0.5) is 15.8 Å². The van der Waals surface area contributed by atoms with Crippen LogP contribution in [0, 0.1) is 11.7 Å². The summed E-state index contributed by atoms with van der Waals surface area (Å²) in [5.41, 5.74) is 3.05. The second-order valence-corrected chi connectivity index (χ2v) is 8.07. The van der Waals surface area contributed by atoms with Gasteiger partial charge >= 0.3 is 0 Å². The van der Waals surface area contributed by atoms with E-state index in [2.05, 4.69) is 5.32 Å². The minimum absolute atomic E-state index is 0.00707. The van der Waals surface area contributed by atoms with Gasteiger partial charge < -0.3 is 9.73 Å². The van der Waals surface area contributed by atoms with Crippen molar-refractivity contribution in [1.82, 2.24) is 0 Å². The molecule has 3 aromatic rings. The Morgan fingerprint density at radius 2 is 1.84 bits per heavy atom. The summed E-state index contributed by atoms with van der Waals surface area (Å²) in [6.07, 6.45) is 2.65. The van der Waals surface area contributed by atoms with Crippen molar-refractivity contribution in [3.05, 3.63) is 95.3 Å². The Kier molecular flexibility index (Phi) is 4.70. The van der Waals surface area contributed by atoms with E-state index in [0.717, 1.165) is 11.4 Å². The molecule has 0 fully saturated rings. The van der Waals surface area contributed by atoms with Gasteiger partial charge in [0.05, 0.1) is 17.6 Å². The molecular formula is C25H21FN2O3. The van der Waals surface area contributed by atoms with Crippen molar-refractivity contribution < 1.29 is 18.4 Å². The number of hydrogen-bond donors (Lipinski definition) is 1. The van der Waals surface area contributed by atoms with Gasteiger partial charge in [0.1, 0.15) is 17.6 Å². The van der Waals surface area contributed by atoms with Crippen LogP contribution in [0.2, 0.25) is 0 Å². The van der Waals surface area contributed by atoms with Gasteiger partial charge in [-0.15, -0.1) is 0 Å². The zero-order valence-electron chi connectivity index (χ0n) is 17.0. The highest BCUT2D eigenvalue weighted by molar-refractivity contribution is 6.11. The van der Waals surface area contributed by atoms with Crippen molar-refractivity contribution in [1.29, 1.82) is 0 Å². The molecule has 0 spiro atoms. The number of furan rings is 1. The normalized spacial score (nSPS) is 20.6. The van der Waals surface area contributed by atoms with E-state index in [0.29, 0.717) is 35.4 Å². The van der Waals surface area contributed by atoms with Crippen LogP contribution in [0.1, 0.15) is 41.9 Å². The summed E-state index contributed by atoms with van der Waals surface area (Å²) in [7, 11) is 0. The third kappa shape index (κ3) is 3.34. The highest BCUT2D eigenvalue weighted by Gasteiger charge is 2.42. The van der Waals surface area contributed by atoms with Crippen LogP contribution in [-0.2, 0) is 4.79 Å². The number of anilines is 2. The van der Waals surface area contributed by atoms with Crippen LogP contribution in [0.5, 0.6) is 0 Å². The topological polar surface area (TPSA) is 62.6 Å². The number of fused-ring (bicyclic) bond motifs is 1. The maximum absolute atomic E-state index is 13.8. The summed E-state index contributed by atoms with van der Waals surface area (Å²) in [6.45, 7) is 2.05. The van der Waals surface area contributed by atoms with Crippen molar-refractivity contribution in [2.24, 2.45) is 5.92 Å². The number of rotatable bonds is 2. The zero-order valence-corrected chi connectivity index (χ0v) is 17.0. The molecule has 1 aliphatic heterocycles. The molecule has 2 aromatic carbocycles. The average Bonchev–Trinajstić information content (AvgIpc) is 3.23. The van der Waals surface area contributed by atoms with E-state index >= 15 is 0 Å². The molecule has 1 N–H and O–H groups in total. The van der Waals surface area contributed by atoms with Crippen molar-refractivity contribution in [2.75, 3.05) is 10.2 Å². The largest absolute Gasteiger partial charge is 0.467 e. The maximum atomic E-state index is 13.8. The lowest BCUT2D eigenvalue weighted by molar-refractivity contribution is -0.117. The van der Waals surface area contributed by atoms with E-state index in [1.54, 1.807) is 17.0 Å². The summed E-state index contributed by atoms with van der Waals surface area (Å²) in [5, 5.41) is 3.42. The van der Waals surface area contributed by atoms with Gasteiger partial charge in [-0.05, 0) is 60.9 Å². The quantitative estimate of drug-likeness (QED) is 0.600. The number of carbonyl (C=O) groups excluding carboxylic acids is 2. The second kappa shape index (κ2) is 7.54. The van der Waals surface area contributed by atoms with Gasteiger partial charge in [0.15, 0.2) is 5.78 Å². The smallest absolute Gasteiger partial charge is 0.259 e. The monoisotopic (exact) mass is 416 g/mol. The van der Waals surface area contributed by atoms with Gasteiger partial charge in [-0.25, -0.2) is 4.39 Å². The minimum atomic E-state index is -0.723. The summed E-state index contributed by atoms with van der Waals surface area (Å²) in [5.74, 6) is -0.0615. The van der Waals surface area contributed by atoms with Crippen LogP contribution in [-0.4, -0.2) is 11.7 Å². The predicted molar refractivity (Wildman–Crippen MR) is 115 cm³/mol. The summed E-state index contributed by atoms with van der Waals surface area (Å²) in [6, 6.07) is 15.7. The lowest BCUT2D eigenvalue weighted by Crippen LogP contribution is -2.38. The predicted octanol–water partition coefficient (Wildman–Crippen LogP) is 5.49. The number of benzene rings is 2. The SMILES string of the molecule is CC1CC(=O)C2=C(C1)Nc1ccccc1N(C(=O)c1ccc(F)cc1)C2c1ccco1. The van der Waals surface area contributed by atoms with E-state index in [1.807, 2.05) is 31.2 Å². The Morgan fingerprint density at radius 3 is 2.58 bits per heavy atom. The average molecular weight is 416 g/mol. The molecule has 0 saturated heterocycles. The number of nitrogens with zero attached hydrogens (tertiary/aromatic N) is 1. The van der Waals surface area contributed by atoms with Gasteiger partial charge in [-0.2, -0.15) is 0 Å². The molecule has 0 bridgehead atoms. The number of para-hydroxylation sites is 2. The lowest BCUT2D eigenvalue weighted by atomic mass is 9.83. The fraction of sp³-hybridized carbons (Fsp3) is 0.200. The third-order valence-corrected chi connectivity index (χ3v) is 5.82. The van der Waals surface area contributed by atoms with E-state index in [-0.39, 0.29) is 17.6 Å². The molecule has 2 aliphatic rings. The van der Waals surface area contributed by atoms with E-state index in [1.165, 1.54) is 30.5 Å². The Hall–Kier alpha value is -3.67. The van der Waals surface area contributed by atoms with Crippen molar-refractivity contribution in [2.45, 2.75) is 25.8 Å². The molecular weight excluding hydrogens is 395 g/mol. The molecule has 1 aromatic heterocycles. The maximum Gasteiger partial charge on any atom is 0.259 e. The Morgan fingerprint density at radius 1 is 1.06 bits per heavy atom. The Balaban J connectivity index is 1.76. The summed E-state index contributed by atoms with van der Waals surface area (Å²) < 4.78 is 19.2. The summed E-state index contributed by atoms with van der Waals surface area (Å²) in [4.78, 5) is 28.6. The zero-order chi connectivity index (χ0) is 21.5. The molecule has 5 nitrogen and oxygen atoms in total. The van der Waals surface area contributed by atoms with E-state index < -0.39 is 11.9 Å². The number of amides is 1. The van der Waals surface area contributed by atoms with Gasteiger partial charge in [-0.1, -0.05) is 19.1 Å². The number of ketones is 1. The van der Waals surface area contributed by atoms with Gasteiger partial charge in [0.25, 0.3) is 5.91 Å². The van der Waals surface area contributed by atoms with Crippen LogP contribution in [0.15, 0.2) is 82.6 Å². The molecule has 156 valence electrons. The molecule has 0 saturated carbocycles. The number of Topliss-reactive ketones (excluding diaryl/α,β-unsaturated/α-hetero) is 1. The second-order valence-electron chi connectivity index (χ2n) is 8.07. The summed E-state index contributed by atoms with van der Waals surface area (Å²) >= 11 is 0. The number of hydrogen-bond acceptors (Lipinski definition) is 4. The Bertz CT molecular complexity index is 1180. The molecule has 31 heavy (non-hydrogen) atoms. The van der Waals surface area contributed by atoms with Crippen LogP contribution >= 0.6 is 0 Å². The lowest BCUT2D eigenvalue weighted by Gasteiger charge is -2.33. The number of nitrogens with one attached hydrogen (secondary N) is 1. The standard InChI is InChI=1S/C25H21FN2O3/c1-15-13-19-23(21(29)14-15)24(22-7-4-12-31-22)28(20-6-3-2-5-18(20)27-19)25(30)16-8-10-17(26)11-9-16/h2-12,15,24,27H,13-14H2,1H3. The van der Waals surface area contributed by atoms with Crippen LogP contribution in [0.3, 0.4) is 0 Å². The number of halogens is 1. The van der Waals surface area contributed by atoms with Crippen molar-refractivity contribution in [3.8, 4) is 0 Å². The van der Waals surface area contributed by atoms with Gasteiger partial charge in [-0.3, -0.25) is 14.5 Å². The Labute approximate surface area is 179 Å². The molecule has 0 radical (unpaired) electrons. The minimum Gasteiger partial charge on any atom is -0.467 e. The van der Waals surface area contributed by atoms with Crippen molar-refractivity contribution in [3.63, 3.8) is 0 Å². The van der Waals surface area contributed by atoms with E-state index in [9.17, 15) is 14.0 Å². The van der Waals surface area contributed by atoms with Crippen molar-refractivity contribution >= 4 is 23.1 Å². The van der Waals surface area contributed by atoms with Gasteiger partial charge in [0.2, 0.25) is 0 Å². The van der Waals surface area contributed by atoms with Crippen LogP contribution < -0.4 is 10.2 Å². The molecule has 1 amide bonds. The highest BCUT2D eigenvalue weighted by Crippen LogP contribution is 2.46. The number of allylic oxidation sites excluding steroid dienone is 1. The molecule has 2 atom stereocenters. The van der Waals surface area contributed by atoms with Crippen LogP contribution in [0.25, 0.3) is 0 Å². The first-order chi connectivity index (χ1) is 15.0.